The van der Waals surface area contributed by atoms with E-state index < -0.39 is 11.5 Å². The molecule has 0 saturated heterocycles. The predicted octanol–water partition coefficient (Wildman–Crippen LogP) is 0.545. The molecule has 0 fully saturated rings. The third-order valence-corrected chi connectivity index (χ3v) is 3.04. The van der Waals surface area contributed by atoms with Crippen LogP contribution in [0.15, 0.2) is 16.5 Å². The molecule has 19 heavy (non-hydrogen) atoms. The second-order valence-corrected chi connectivity index (χ2v) is 4.34. The number of aromatic carboxylic acids is 1. The number of carboxylic acid groups (broad SMARTS) is 1. The van der Waals surface area contributed by atoms with E-state index in [-0.39, 0.29) is 23.8 Å². The molecule has 9 heteroatoms. The number of aromatic nitrogens is 3. The zero-order valence-electron chi connectivity index (χ0n) is 9.84. The number of anilines is 1. The van der Waals surface area contributed by atoms with E-state index in [1.807, 2.05) is 0 Å². The maximum absolute atomic E-state index is 11.4. The van der Waals surface area contributed by atoms with E-state index in [0.717, 1.165) is 0 Å². The zero-order valence-corrected chi connectivity index (χ0v) is 10.7. The highest BCUT2D eigenvalue weighted by atomic mass is 32.1. The van der Waals surface area contributed by atoms with E-state index in [0.29, 0.717) is 5.01 Å². The van der Waals surface area contributed by atoms with Crippen LogP contribution in [0.2, 0.25) is 0 Å². The van der Waals surface area contributed by atoms with E-state index in [2.05, 4.69) is 20.3 Å². The number of nitrogens with zero attached hydrogens (tertiary/aromatic N) is 2. The van der Waals surface area contributed by atoms with Crippen LogP contribution >= 0.6 is 11.3 Å². The van der Waals surface area contributed by atoms with Gasteiger partial charge in [-0.15, -0.1) is 11.3 Å². The molecule has 100 valence electrons. The van der Waals surface area contributed by atoms with Crippen molar-refractivity contribution < 1.29 is 14.6 Å². The molecule has 0 atom stereocenters. The van der Waals surface area contributed by atoms with Gasteiger partial charge in [-0.3, -0.25) is 4.79 Å². The van der Waals surface area contributed by atoms with E-state index in [1.54, 1.807) is 0 Å². The van der Waals surface area contributed by atoms with E-state index >= 15 is 0 Å². The van der Waals surface area contributed by atoms with Crippen molar-refractivity contribution in [1.29, 1.82) is 0 Å². The Morgan fingerprint density at radius 1 is 1.63 bits per heavy atom. The number of hydrogen-bond donors (Lipinski definition) is 3. The molecule has 3 N–H and O–H groups in total. The van der Waals surface area contributed by atoms with Gasteiger partial charge in [-0.25, -0.2) is 14.8 Å². The van der Waals surface area contributed by atoms with Crippen LogP contribution < -0.4 is 15.6 Å². The normalized spacial score (nSPS) is 10.2. The molecule has 0 unspecified atom stereocenters. The average Bonchev–Trinajstić information content (AvgIpc) is 2.85. The first-order chi connectivity index (χ1) is 9.11. The second kappa shape index (κ2) is 5.48. The number of aromatic amines is 1. The largest absolute Gasteiger partial charge is 0.489 e. The molecule has 2 aromatic heterocycles. The molecular formula is C10H10N4O4S. The van der Waals surface area contributed by atoms with Gasteiger partial charge in [-0.1, -0.05) is 0 Å². The Kier molecular flexibility index (Phi) is 3.76. The van der Waals surface area contributed by atoms with Crippen LogP contribution in [0.25, 0.3) is 0 Å². The van der Waals surface area contributed by atoms with Crippen molar-refractivity contribution in [2.24, 2.45) is 0 Å². The van der Waals surface area contributed by atoms with Gasteiger partial charge < -0.3 is 20.1 Å². The molecule has 0 aliphatic carbocycles. The Morgan fingerprint density at radius 3 is 3.05 bits per heavy atom. The number of carboxylic acids is 1. The first kappa shape index (κ1) is 13.0. The van der Waals surface area contributed by atoms with Crippen LogP contribution in [0.4, 0.5) is 5.82 Å². The Morgan fingerprint density at radius 2 is 2.42 bits per heavy atom. The molecule has 0 bridgehead atoms. The molecule has 2 heterocycles. The van der Waals surface area contributed by atoms with Crippen molar-refractivity contribution in [2.75, 3.05) is 12.4 Å². The number of H-pyrrole nitrogens is 1. The monoisotopic (exact) mass is 282 g/mol. The van der Waals surface area contributed by atoms with Crippen LogP contribution in [0.3, 0.4) is 0 Å². The van der Waals surface area contributed by atoms with E-state index in [9.17, 15) is 9.59 Å². The van der Waals surface area contributed by atoms with E-state index in [1.165, 1.54) is 30.2 Å². The fourth-order valence-corrected chi connectivity index (χ4v) is 2.06. The van der Waals surface area contributed by atoms with Gasteiger partial charge in [0.15, 0.2) is 11.5 Å². The van der Waals surface area contributed by atoms with Gasteiger partial charge in [0.05, 0.1) is 20.0 Å². The van der Waals surface area contributed by atoms with Crippen LogP contribution in [-0.4, -0.2) is 33.1 Å². The summed E-state index contributed by atoms with van der Waals surface area (Å²) in [7, 11) is 1.36. The Hall–Kier alpha value is -2.42. The SMILES string of the molecule is COc1c(NCc2nc(C(=O)O)cs2)nc[nH]c1=O. The molecule has 8 nitrogen and oxygen atoms in total. The molecule has 0 aromatic carbocycles. The molecule has 0 spiro atoms. The number of ether oxygens (including phenoxy) is 1. The number of methoxy groups -OCH3 is 1. The molecule has 0 amide bonds. The molecule has 2 rings (SSSR count). The van der Waals surface area contributed by atoms with Crippen LogP contribution in [-0.2, 0) is 6.54 Å². The number of rotatable bonds is 5. The Bertz CT molecular complexity index is 651. The highest BCUT2D eigenvalue weighted by Crippen LogP contribution is 2.17. The van der Waals surface area contributed by atoms with Gasteiger partial charge in [-0.05, 0) is 0 Å². The maximum Gasteiger partial charge on any atom is 0.355 e. The van der Waals surface area contributed by atoms with Crippen molar-refractivity contribution in [1.82, 2.24) is 15.0 Å². The molecule has 2 aromatic rings. The lowest BCUT2D eigenvalue weighted by Crippen LogP contribution is -2.14. The van der Waals surface area contributed by atoms with Gasteiger partial charge in [0, 0.05) is 5.38 Å². The van der Waals surface area contributed by atoms with Crippen LogP contribution in [0.1, 0.15) is 15.5 Å². The van der Waals surface area contributed by atoms with Crippen molar-refractivity contribution in [2.45, 2.75) is 6.54 Å². The van der Waals surface area contributed by atoms with Crippen LogP contribution in [0.5, 0.6) is 5.75 Å². The molecule has 0 aliphatic heterocycles. The van der Waals surface area contributed by atoms with Gasteiger partial charge in [0.2, 0.25) is 5.75 Å². The van der Waals surface area contributed by atoms with E-state index in [4.69, 9.17) is 9.84 Å². The summed E-state index contributed by atoms with van der Waals surface area (Å²) in [5.41, 5.74) is -0.405. The van der Waals surface area contributed by atoms with Crippen LogP contribution in [0, 0.1) is 0 Å². The average molecular weight is 282 g/mol. The summed E-state index contributed by atoms with van der Waals surface area (Å²) in [4.78, 5) is 32.3. The summed E-state index contributed by atoms with van der Waals surface area (Å²) in [6.07, 6.45) is 1.25. The molecule has 0 saturated carbocycles. The summed E-state index contributed by atoms with van der Waals surface area (Å²) in [5.74, 6) is -0.731. The third-order valence-electron chi connectivity index (χ3n) is 2.19. The summed E-state index contributed by atoms with van der Waals surface area (Å²) in [6.45, 7) is 0.255. The molecule has 0 aliphatic rings. The first-order valence-corrected chi connectivity index (χ1v) is 6.03. The number of hydrogen-bond acceptors (Lipinski definition) is 7. The fraction of sp³-hybridized carbons (Fsp3) is 0.200. The topological polar surface area (TPSA) is 117 Å². The minimum absolute atomic E-state index is 0.00682. The van der Waals surface area contributed by atoms with Crippen molar-refractivity contribution >= 4 is 23.1 Å². The fourth-order valence-electron chi connectivity index (χ4n) is 1.35. The first-order valence-electron chi connectivity index (χ1n) is 5.15. The lowest BCUT2D eigenvalue weighted by atomic mass is 10.5. The minimum atomic E-state index is -1.07. The number of carbonyl (C=O) groups is 1. The lowest BCUT2D eigenvalue weighted by Gasteiger charge is -2.06. The Labute approximate surface area is 111 Å². The molecule has 0 radical (unpaired) electrons. The zero-order chi connectivity index (χ0) is 13.8. The van der Waals surface area contributed by atoms with Gasteiger partial charge >= 0.3 is 5.97 Å². The minimum Gasteiger partial charge on any atom is -0.489 e. The Balaban J connectivity index is 2.12. The quantitative estimate of drug-likeness (QED) is 0.732. The summed E-state index contributed by atoms with van der Waals surface area (Å²) in [5, 5.41) is 13.6. The highest BCUT2D eigenvalue weighted by molar-refractivity contribution is 7.09. The van der Waals surface area contributed by atoms with Gasteiger partial charge in [0.25, 0.3) is 5.56 Å². The smallest absolute Gasteiger partial charge is 0.355 e. The van der Waals surface area contributed by atoms with Crippen molar-refractivity contribution in [3.05, 3.63) is 32.8 Å². The highest BCUT2D eigenvalue weighted by Gasteiger charge is 2.11. The van der Waals surface area contributed by atoms with Gasteiger partial charge in [-0.2, -0.15) is 0 Å². The van der Waals surface area contributed by atoms with Gasteiger partial charge in [0.1, 0.15) is 5.01 Å². The molecular weight excluding hydrogens is 272 g/mol. The summed E-state index contributed by atoms with van der Waals surface area (Å²) in [6, 6.07) is 0. The number of thiazole rings is 1. The van der Waals surface area contributed by atoms with Crippen molar-refractivity contribution in [3.8, 4) is 5.75 Å². The summed E-state index contributed by atoms with van der Waals surface area (Å²) < 4.78 is 4.93. The van der Waals surface area contributed by atoms with Crippen molar-refractivity contribution in [3.63, 3.8) is 0 Å². The summed E-state index contributed by atoms with van der Waals surface area (Å²) >= 11 is 1.21. The number of nitrogens with one attached hydrogen (secondary N) is 2. The standard InChI is InChI=1S/C10H10N4O4S/c1-18-7-8(12-4-13-9(7)15)11-2-6-14-5(3-19-6)10(16)17/h3-4H,2H2,1H3,(H,16,17)(H2,11,12,13,15). The lowest BCUT2D eigenvalue weighted by molar-refractivity contribution is 0.0691. The maximum atomic E-state index is 11.4. The predicted molar refractivity (Wildman–Crippen MR) is 67.8 cm³/mol. The third kappa shape index (κ3) is 2.88. The second-order valence-electron chi connectivity index (χ2n) is 3.40.